The highest BCUT2D eigenvalue weighted by Crippen LogP contribution is 2.18. The molecule has 2 rings (SSSR count). The monoisotopic (exact) mass is 310 g/mol. The third kappa shape index (κ3) is 3.86. The zero-order chi connectivity index (χ0) is 14.5. The van der Waals surface area contributed by atoms with Gasteiger partial charge in [0.2, 0.25) is 5.91 Å². The van der Waals surface area contributed by atoms with Gasteiger partial charge in [0.1, 0.15) is 5.92 Å². The third-order valence-electron chi connectivity index (χ3n) is 3.41. The molecule has 1 aliphatic rings. The number of rotatable bonds is 4. The van der Waals surface area contributed by atoms with E-state index in [1.165, 1.54) is 0 Å². The van der Waals surface area contributed by atoms with Crippen molar-refractivity contribution in [3.05, 3.63) is 35.9 Å². The fraction of sp³-hybridized carbons (Fsp3) is 0.429. The fourth-order valence-corrected chi connectivity index (χ4v) is 3.86. The molecule has 0 saturated carbocycles. The quantitative estimate of drug-likeness (QED) is 0.817. The van der Waals surface area contributed by atoms with Gasteiger partial charge in [0, 0.05) is 28.3 Å². The molecule has 1 aromatic carbocycles. The normalized spacial score (nSPS) is 23.8. The SMILES string of the molecule is NC(=S)C(C(=O)NC1CCS(=O)CC1)c1ccccc1. The maximum Gasteiger partial charge on any atom is 0.234 e. The van der Waals surface area contributed by atoms with Crippen molar-refractivity contribution in [1.29, 1.82) is 0 Å². The van der Waals surface area contributed by atoms with Gasteiger partial charge in [0.05, 0.1) is 4.99 Å². The van der Waals surface area contributed by atoms with Gasteiger partial charge in [0.15, 0.2) is 0 Å². The second-order valence-corrected chi connectivity index (χ2v) is 7.04. The zero-order valence-electron chi connectivity index (χ0n) is 11.1. The molecule has 1 heterocycles. The van der Waals surface area contributed by atoms with Crippen LogP contribution in [0, 0.1) is 0 Å². The van der Waals surface area contributed by atoms with Gasteiger partial charge in [-0.15, -0.1) is 0 Å². The Bertz CT molecular complexity index is 509. The molecule has 6 heteroatoms. The summed E-state index contributed by atoms with van der Waals surface area (Å²) >= 11 is 5.03. The second-order valence-electron chi connectivity index (χ2n) is 4.88. The number of hydrogen-bond donors (Lipinski definition) is 2. The van der Waals surface area contributed by atoms with E-state index in [1.54, 1.807) is 0 Å². The summed E-state index contributed by atoms with van der Waals surface area (Å²) in [5.74, 6) is 0.530. The lowest BCUT2D eigenvalue weighted by molar-refractivity contribution is -0.121. The maximum atomic E-state index is 12.4. The molecule has 1 aromatic rings. The molecule has 1 unspecified atom stereocenters. The van der Waals surface area contributed by atoms with Crippen molar-refractivity contribution in [3.8, 4) is 0 Å². The zero-order valence-corrected chi connectivity index (χ0v) is 12.7. The summed E-state index contributed by atoms with van der Waals surface area (Å²) in [4.78, 5) is 12.6. The van der Waals surface area contributed by atoms with Crippen molar-refractivity contribution < 1.29 is 9.00 Å². The predicted octanol–water partition coefficient (Wildman–Crippen LogP) is 1.08. The number of hydrogen-bond acceptors (Lipinski definition) is 3. The highest BCUT2D eigenvalue weighted by molar-refractivity contribution is 7.85. The predicted molar refractivity (Wildman–Crippen MR) is 85.0 cm³/mol. The molecular formula is C14H18N2O2S2. The van der Waals surface area contributed by atoms with Gasteiger partial charge in [0.25, 0.3) is 0 Å². The molecule has 0 aliphatic carbocycles. The maximum absolute atomic E-state index is 12.4. The smallest absolute Gasteiger partial charge is 0.234 e. The molecule has 4 nitrogen and oxygen atoms in total. The largest absolute Gasteiger partial charge is 0.392 e. The van der Waals surface area contributed by atoms with E-state index in [2.05, 4.69) is 5.32 Å². The number of amides is 1. The molecule has 1 fully saturated rings. The average molecular weight is 310 g/mol. The van der Waals surface area contributed by atoms with Crippen LogP contribution in [0.15, 0.2) is 30.3 Å². The fourth-order valence-electron chi connectivity index (χ4n) is 2.31. The third-order valence-corrected chi connectivity index (χ3v) is 5.03. The molecule has 1 aliphatic heterocycles. The first-order valence-electron chi connectivity index (χ1n) is 6.57. The Morgan fingerprint density at radius 3 is 2.45 bits per heavy atom. The molecule has 1 saturated heterocycles. The Morgan fingerprint density at radius 2 is 1.90 bits per heavy atom. The number of nitrogens with one attached hydrogen (secondary N) is 1. The van der Waals surface area contributed by atoms with Crippen LogP contribution in [-0.4, -0.2) is 32.7 Å². The van der Waals surface area contributed by atoms with Crippen LogP contribution in [0.4, 0.5) is 0 Å². The Morgan fingerprint density at radius 1 is 1.30 bits per heavy atom. The first-order valence-corrected chi connectivity index (χ1v) is 8.47. The van der Waals surface area contributed by atoms with Crippen molar-refractivity contribution in [2.45, 2.75) is 24.8 Å². The summed E-state index contributed by atoms with van der Waals surface area (Å²) in [7, 11) is -0.733. The van der Waals surface area contributed by atoms with Crippen molar-refractivity contribution in [2.24, 2.45) is 5.73 Å². The van der Waals surface area contributed by atoms with E-state index >= 15 is 0 Å². The van der Waals surface area contributed by atoms with Crippen LogP contribution in [0.1, 0.15) is 24.3 Å². The van der Waals surface area contributed by atoms with Crippen LogP contribution >= 0.6 is 12.2 Å². The molecule has 0 aromatic heterocycles. The van der Waals surface area contributed by atoms with E-state index in [0.29, 0.717) is 11.5 Å². The van der Waals surface area contributed by atoms with Gasteiger partial charge in [-0.25, -0.2) is 0 Å². The lowest BCUT2D eigenvalue weighted by Gasteiger charge is -2.25. The first kappa shape index (κ1) is 15.1. The summed E-state index contributed by atoms with van der Waals surface area (Å²) in [5, 5.41) is 2.98. The molecular weight excluding hydrogens is 292 g/mol. The molecule has 0 bridgehead atoms. The van der Waals surface area contributed by atoms with Crippen LogP contribution in [-0.2, 0) is 15.6 Å². The van der Waals surface area contributed by atoms with Gasteiger partial charge in [-0.2, -0.15) is 0 Å². The number of thiocarbonyl (C=S) groups is 1. The molecule has 20 heavy (non-hydrogen) atoms. The van der Waals surface area contributed by atoms with E-state index in [1.807, 2.05) is 30.3 Å². The Kier molecular flexibility index (Phi) is 5.25. The lowest BCUT2D eigenvalue weighted by Crippen LogP contribution is -2.44. The minimum atomic E-state index is -0.733. The van der Waals surface area contributed by atoms with E-state index in [0.717, 1.165) is 18.4 Å². The van der Waals surface area contributed by atoms with Gasteiger partial charge in [-0.1, -0.05) is 42.5 Å². The summed E-state index contributed by atoms with van der Waals surface area (Å²) in [5.41, 5.74) is 6.52. The summed E-state index contributed by atoms with van der Waals surface area (Å²) < 4.78 is 11.3. The molecule has 108 valence electrons. The van der Waals surface area contributed by atoms with Crippen LogP contribution in [0.25, 0.3) is 0 Å². The van der Waals surface area contributed by atoms with E-state index in [9.17, 15) is 9.00 Å². The van der Waals surface area contributed by atoms with Crippen molar-refractivity contribution in [3.63, 3.8) is 0 Å². The molecule has 1 atom stereocenters. The van der Waals surface area contributed by atoms with Crippen LogP contribution in [0.3, 0.4) is 0 Å². The summed E-state index contributed by atoms with van der Waals surface area (Å²) in [6, 6.07) is 9.36. The lowest BCUT2D eigenvalue weighted by atomic mass is 9.97. The Balaban J connectivity index is 2.05. The molecule has 0 spiro atoms. The first-order chi connectivity index (χ1) is 9.58. The highest BCUT2D eigenvalue weighted by atomic mass is 32.2. The van der Waals surface area contributed by atoms with Gasteiger partial charge in [-0.3, -0.25) is 9.00 Å². The minimum absolute atomic E-state index is 0.0702. The summed E-state index contributed by atoms with van der Waals surface area (Å²) in [6.45, 7) is 0. The van der Waals surface area contributed by atoms with Crippen molar-refractivity contribution in [2.75, 3.05) is 11.5 Å². The van der Waals surface area contributed by atoms with E-state index in [-0.39, 0.29) is 16.9 Å². The van der Waals surface area contributed by atoms with Crippen LogP contribution < -0.4 is 11.1 Å². The number of carbonyl (C=O) groups excluding carboxylic acids is 1. The van der Waals surface area contributed by atoms with Gasteiger partial charge in [-0.05, 0) is 18.4 Å². The number of nitrogens with two attached hydrogens (primary N) is 1. The van der Waals surface area contributed by atoms with Crippen LogP contribution in [0.5, 0.6) is 0 Å². The Hall–Kier alpha value is -1.27. The average Bonchev–Trinajstić information content (AvgIpc) is 2.42. The highest BCUT2D eigenvalue weighted by Gasteiger charge is 2.27. The van der Waals surface area contributed by atoms with E-state index < -0.39 is 16.7 Å². The summed E-state index contributed by atoms with van der Waals surface area (Å²) in [6.07, 6.45) is 1.49. The Labute approximate surface area is 126 Å². The van der Waals surface area contributed by atoms with E-state index in [4.69, 9.17) is 18.0 Å². The molecule has 3 N–H and O–H groups in total. The standard InChI is InChI=1S/C14H18N2O2S2/c15-13(19)12(10-4-2-1-3-5-10)14(17)16-11-6-8-20(18)9-7-11/h1-5,11-12H,6-9H2,(H2,15,19)(H,16,17). The molecule has 0 radical (unpaired) electrons. The molecule has 1 amide bonds. The number of benzene rings is 1. The second kappa shape index (κ2) is 6.95. The van der Waals surface area contributed by atoms with Crippen molar-refractivity contribution >= 4 is 33.9 Å². The van der Waals surface area contributed by atoms with Gasteiger partial charge >= 0.3 is 0 Å². The van der Waals surface area contributed by atoms with Crippen LogP contribution in [0.2, 0.25) is 0 Å². The minimum Gasteiger partial charge on any atom is -0.392 e. The van der Waals surface area contributed by atoms with Crippen molar-refractivity contribution in [1.82, 2.24) is 5.32 Å². The number of carbonyl (C=O) groups is 1. The topological polar surface area (TPSA) is 72.2 Å². The van der Waals surface area contributed by atoms with Gasteiger partial charge < -0.3 is 11.1 Å².